The number of nitrogens with zero attached hydrogens (tertiary/aromatic N) is 3. The van der Waals surface area contributed by atoms with Crippen LogP contribution in [0.3, 0.4) is 0 Å². The second-order valence-electron chi connectivity index (χ2n) is 4.76. The van der Waals surface area contributed by atoms with Crippen LogP contribution in [0, 0.1) is 0 Å². The van der Waals surface area contributed by atoms with Gasteiger partial charge in [0.2, 0.25) is 0 Å². The topological polar surface area (TPSA) is 45.4 Å². The first-order valence-electron chi connectivity index (χ1n) is 6.14. The molecule has 1 aromatic rings. The Balaban J connectivity index is 1.79. The summed E-state index contributed by atoms with van der Waals surface area (Å²) in [6.45, 7) is 2.06. The molecule has 2 heterocycles. The fraction of sp³-hybridized carbons (Fsp3) is 0.583. The average molecular weight is 274 g/mol. The number of alkyl halides is 3. The normalized spacial score (nSPS) is 18.7. The van der Waals surface area contributed by atoms with Crippen LogP contribution in [-0.2, 0) is 6.54 Å². The van der Waals surface area contributed by atoms with Gasteiger partial charge in [-0.15, -0.1) is 0 Å². The number of halogens is 3. The molecule has 1 aliphatic rings. The van der Waals surface area contributed by atoms with Crippen molar-refractivity contribution in [2.45, 2.75) is 12.7 Å². The maximum atomic E-state index is 12.2. The number of piperazine rings is 1. The van der Waals surface area contributed by atoms with E-state index < -0.39 is 12.7 Å². The molecule has 0 unspecified atom stereocenters. The lowest BCUT2D eigenvalue weighted by Gasteiger charge is -2.34. The summed E-state index contributed by atoms with van der Waals surface area (Å²) in [6.07, 6.45) is -2.40. The number of hydrogen-bond donors (Lipinski definition) is 1. The van der Waals surface area contributed by atoms with E-state index in [9.17, 15) is 13.2 Å². The number of hydrogen-bond acceptors (Lipinski definition) is 4. The van der Waals surface area contributed by atoms with Crippen LogP contribution in [0.2, 0.25) is 0 Å². The zero-order valence-electron chi connectivity index (χ0n) is 10.5. The molecule has 106 valence electrons. The molecule has 0 aromatic carbocycles. The van der Waals surface area contributed by atoms with Gasteiger partial charge in [-0.3, -0.25) is 9.80 Å². The summed E-state index contributed by atoms with van der Waals surface area (Å²) < 4.78 is 36.7. The number of rotatable bonds is 3. The van der Waals surface area contributed by atoms with Crippen LogP contribution in [0.5, 0.6) is 0 Å². The van der Waals surface area contributed by atoms with Crippen LogP contribution in [-0.4, -0.2) is 53.7 Å². The van der Waals surface area contributed by atoms with E-state index in [1.807, 2.05) is 6.07 Å². The van der Waals surface area contributed by atoms with E-state index in [-0.39, 0.29) is 0 Å². The Morgan fingerprint density at radius 2 is 1.74 bits per heavy atom. The highest BCUT2D eigenvalue weighted by Crippen LogP contribution is 2.18. The Morgan fingerprint density at radius 3 is 2.26 bits per heavy atom. The zero-order valence-corrected chi connectivity index (χ0v) is 10.5. The van der Waals surface area contributed by atoms with Crippen molar-refractivity contribution in [2.24, 2.45) is 0 Å². The lowest BCUT2D eigenvalue weighted by Crippen LogP contribution is -2.48. The molecule has 19 heavy (non-hydrogen) atoms. The summed E-state index contributed by atoms with van der Waals surface area (Å²) in [4.78, 5) is 7.57. The van der Waals surface area contributed by atoms with Crippen LogP contribution < -0.4 is 5.73 Å². The van der Waals surface area contributed by atoms with Crippen molar-refractivity contribution >= 4 is 5.82 Å². The van der Waals surface area contributed by atoms with Crippen LogP contribution in [0.15, 0.2) is 18.3 Å². The number of aromatic nitrogens is 1. The molecule has 2 N–H and O–H groups in total. The molecular weight excluding hydrogens is 257 g/mol. The zero-order chi connectivity index (χ0) is 13.9. The van der Waals surface area contributed by atoms with Gasteiger partial charge < -0.3 is 5.73 Å². The second kappa shape index (κ2) is 5.75. The fourth-order valence-corrected chi connectivity index (χ4v) is 2.15. The predicted octanol–water partition coefficient (Wildman–Crippen LogP) is 1.34. The predicted molar refractivity (Wildman–Crippen MR) is 66.4 cm³/mol. The van der Waals surface area contributed by atoms with Crippen LogP contribution in [0.4, 0.5) is 19.0 Å². The van der Waals surface area contributed by atoms with E-state index in [0.717, 1.165) is 5.56 Å². The van der Waals surface area contributed by atoms with E-state index in [2.05, 4.69) is 9.88 Å². The molecule has 4 nitrogen and oxygen atoms in total. The van der Waals surface area contributed by atoms with E-state index in [4.69, 9.17) is 5.73 Å². The third-order valence-electron chi connectivity index (χ3n) is 3.12. The minimum Gasteiger partial charge on any atom is -0.384 e. The molecule has 2 rings (SSSR count). The summed E-state index contributed by atoms with van der Waals surface area (Å²) in [5.74, 6) is 0.471. The van der Waals surface area contributed by atoms with Gasteiger partial charge in [0.05, 0.1) is 6.54 Å². The van der Waals surface area contributed by atoms with E-state index in [1.165, 1.54) is 4.90 Å². The fourth-order valence-electron chi connectivity index (χ4n) is 2.15. The molecule has 1 aliphatic heterocycles. The molecule has 1 aromatic heterocycles. The lowest BCUT2D eigenvalue weighted by atomic mass is 10.2. The van der Waals surface area contributed by atoms with Crippen molar-refractivity contribution in [1.82, 2.24) is 14.8 Å². The van der Waals surface area contributed by atoms with Crippen molar-refractivity contribution < 1.29 is 13.2 Å². The minimum absolute atomic E-state index is 0.446. The molecule has 0 bridgehead atoms. The number of anilines is 1. The Morgan fingerprint density at radius 1 is 1.11 bits per heavy atom. The first-order valence-corrected chi connectivity index (χ1v) is 6.14. The van der Waals surface area contributed by atoms with Crippen LogP contribution >= 0.6 is 0 Å². The molecule has 0 atom stereocenters. The van der Waals surface area contributed by atoms with E-state index in [0.29, 0.717) is 38.5 Å². The largest absolute Gasteiger partial charge is 0.401 e. The SMILES string of the molecule is Nc1ccc(CN2CCN(CC(F)(F)F)CC2)cn1. The first-order chi connectivity index (χ1) is 8.92. The molecule has 0 radical (unpaired) electrons. The van der Waals surface area contributed by atoms with Crippen molar-refractivity contribution in [2.75, 3.05) is 38.5 Å². The summed E-state index contributed by atoms with van der Waals surface area (Å²) in [7, 11) is 0. The monoisotopic (exact) mass is 274 g/mol. The highest BCUT2D eigenvalue weighted by molar-refractivity contribution is 5.29. The molecule has 0 amide bonds. The molecular formula is C12H17F3N4. The Bertz CT molecular complexity index is 396. The van der Waals surface area contributed by atoms with E-state index >= 15 is 0 Å². The number of nitrogens with two attached hydrogens (primary N) is 1. The van der Waals surface area contributed by atoms with Gasteiger partial charge in [-0.1, -0.05) is 6.07 Å². The highest BCUT2D eigenvalue weighted by Gasteiger charge is 2.32. The molecule has 0 saturated carbocycles. The molecule has 1 saturated heterocycles. The maximum Gasteiger partial charge on any atom is 0.401 e. The minimum atomic E-state index is -4.11. The standard InChI is InChI=1S/C12H17F3N4/c13-12(14,15)9-19-5-3-18(4-6-19)8-10-1-2-11(16)17-7-10/h1-2,7H,3-6,8-9H2,(H2,16,17). The molecule has 0 aliphatic carbocycles. The van der Waals surface area contributed by atoms with Gasteiger partial charge in [0.1, 0.15) is 5.82 Å². The van der Waals surface area contributed by atoms with Gasteiger partial charge in [-0.05, 0) is 11.6 Å². The maximum absolute atomic E-state index is 12.2. The number of pyridine rings is 1. The second-order valence-corrected chi connectivity index (χ2v) is 4.76. The third kappa shape index (κ3) is 4.68. The quantitative estimate of drug-likeness (QED) is 0.903. The van der Waals surface area contributed by atoms with Gasteiger partial charge in [-0.25, -0.2) is 4.98 Å². The van der Waals surface area contributed by atoms with Crippen molar-refractivity contribution in [3.63, 3.8) is 0 Å². The highest BCUT2D eigenvalue weighted by atomic mass is 19.4. The van der Waals surface area contributed by atoms with Gasteiger partial charge >= 0.3 is 6.18 Å². The summed E-state index contributed by atoms with van der Waals surface area (Å²) in [6, 6.07) is 3.62. The Labute approximate surface area is 110 Å². The van der Waals surface area contributed by atoms with Crippen LogP contribution in [0.25, 0.3) is 0 Å². The summed E-state index contributed by atoms with van der Waals surface area (Å²) in [5, 5.41) is 0. The Hall–Kier alpha value is -1.34. The number of nitrogen functional groups attached to an aromatic ring is 1. The van der Waals surface area contributed by atoms with Crippen molar-refractivity contribution in [3.05, 3.63) is 23.9 Å². The molecule has 0 spiro atoms. The summed E-state index contributed by atoms with van der Waals surface area (Å²) >= 11 is 0. The van der Waals surface area contributed by atoms with Gasteiger partial charge in [0.25, 0.3) is 0 Å². The molecule has 7 heteroatoms. The third-order valence-corrected chi connectivity index (χ3v) is 3.12. The van der Waals surface area contributed by atoms with Crippen molar-refractivity contribution in [1.29, 1.82) is 0 Å². The average Bonchev–Trinajstić information content (AvgIpc) is 2.33. The summed E-state index contributed by atoms with van der Waals surface area (Å²) in [5.41, 5.74) is 6.53. The van der Waals surface area contributed by atoms with Gasteiger partial charge in [-0.2, -0.15) is 13.2 Å². The smallest absolute Gasteiger partial charge is 0.384 e. The van der Waals surface area contributed by atoms with Gasteiger partial charge in [0.15, 0.2) is 0 Å². The van der Waals surface area contributed by atoms with Gasteiger partial charge in [0, 0.05) is 38.9 Å². The van der Waals surface area contributed by atoms with Crippen LogP contribution in [0.1, 0.15) is 5.56 Å². The van der Waals surface area contributed by atoms with E-state index in [1.54, 1.807) is 12.3 Å². The van der Waals surface area contributed by atoms with Crippen molar-refractivity contribution in [3.8, 4) is 0 Å². The lowest BCUT2D eigenvalue weighted by molar-refractivity contribution is -0.149. The Kier molecular flexibility index (Phi) is 4.26. The first kappa shape index (κ1) is 14.1. The molecule has 1 fully saturated rings.